The number of carbonyl (C=O) groups excluding carboxylic acids is 1. The molecule has 0 aliphatic carbocycles. The Morgan fingerprint density at radius 1 is 1.44 bits per heavy atom. The molecule has 0 saturated carbocycles. The number of carbonyl (C=O) groups is 1. The van der Waals surface area contributed by atoms with Crippen molar-refractivity contribution in [1.29, 1.82) is 0 Å². The molecule has 18 heavy (non-hydrogen) atoms. The Labute approximate surface area is 108 Å². The van der Waals surface area contributed by atoms with Crippen LogP contribution >= 0.6 is 0 Å². The van der Waals surface area contributed by atoms with Gasteiger partial charge in [0.05, 0.1) is 0 Å². The number of hydrogen-bond donors (Lipinski definition) is 1. The van der Waals surface area contributed by atoms with E-state index in [1.807, 2.05) is 11.8 Å². The number of benzene rings is 1. The second-order valence-electron chi connectivity index (χ2n) is 5.54. The second-order valence-corrected chi connectivity index (χ2v) is 5.54. The first-order valence-corrected chi connectivity index (χ1v) is 6.58. The van der Waals surface area contributed by atoms with Crippen LogP contribution in [-0.4, -0.2) is 29.0 Å². The van der Waals surface area contributed by atoms with Gasteiger partial charge in [-0.1, -0.05) is 13.8 Å². The van der Waals surface area contributed by atoms with Crippen LogP contribution in [0.1, 0.15) is 36.2 Å². The normalized spacial score (nSPS) is 19.6. The summed E-state index contributed by atoms with van der Waals surface area (Å²) in [6.45, 7) is 8.00. The molecule has 1 atom stereocenters. The molecule has 1 saturated heterocycles. The Morgan fingerprint density at radius 3 is 2.72 bits per heavy atom. The van der Waals surface area contributed by atoms with Crippen LogP contribution in [0.5, 0.6) is 5.75 Å². The second kappa shape index (κ2) is 5.01. The number of phenols is 1. The van der Waals surface area contributed by atoms with E-state index in [0.29, 0.717) is 17.4 Å². The quantitative estimate of drug-likeness (QED) is 0.873. The van der Waals surface area contributed by atoms with E-state index in [9.17, 15) is 9.90 Å². The molecule has 0 bridgehead atoms. The topological polar surface area (TPSA) is 40.5 Å². The third kappa shape index (κ3) is 2.50. The van der Waals surface area contributed by atoms with Gasteiger partial charge in [0.2, 0.25) is 0 Å². The average molecular weight is 247 g/mol. The lowest BCUT2D eigenvalue weighted by atomic mass is 9.95. The summed E-state index contributed by atoms with van der Waals surface area (Å²) in [5, 5.41) is 9.37. The molecule has 0 spiro atoms. The summed E-state index contributed by atoms with van der Waals surface area (Å²) >= 11 is 0. The standard InChI is InChI=1S/C15H21NO2/c1-10(2)12-6-7-16(9-12)15(18)14-5-4-13(17)8-11(14)3/h4-5,8,10,12,17H,6-7,9H2,1-3H3. The van der Waals surface area contributed by atoms with Crippen LogP contribution in [0.3, 0.4) is 0 Å². The lowest BCUT2D eigenvalue weighted by Crippen LogP contribution is -2.29. The first-order chi connectivity index (χ1) is 8.49. The lowest BCUT2D eigenvalue weighted by molar-refractivity contribution is 0.0783. The Bertz CT molecular complexity index is 454. The molecule has 1 N–H and O–H groups in total. The zero-order valence-electron chi connectivity index (χ0n) is 11.3. The number of rotatable bonds is 2. The van der Waals surface area contributed by atoms with E-state index in [0.717, 1.165) is 25.1 Å². The van der Waals surface area contributed by atoms with Crippen LogP contribution in [0.15, 0.2) is 18.2 Å². The van der Waals surface area contributed by atoms with Crippen molar-refractivity contribution in [2.45, 2.75) is 27.2 Å². The van der Waals surface area contributed by atoms with E-state index in [2.05, 4.69) is 13.8 Å². The van der Waals surface area contributed by atoms with E-state index < -0.39 is 0 Å². The van der Waals surface area contributed by atoms with Crippen molar-refractivity contribution in [3.05, 3.63) is 29.3 Å². The fourth-order valence-electron chi connectivity index (χ4n) is 2.57. The summed E-state index contributed by atoms with van der Waals surface area (Å²) < 4.78 is 0. The van der Waals surface area contributed by atoms with E-state index in [4.69, 9.17) is 0 Å². The average Bonchev–Trinajstić information content (AvgIpc) is 2.77. The molecule has 2 rings (SSSR count). The highest BCUT2D eigenvalue weighted by Crippen LogP contribution is 2.26. The monoisotopic (exact) mass is 247 g/mol. The Kier molecular flexibility index (Phi) is 3.60. The van der Waals surface area contributed by atoms with E-state index in [-0.39, 0.29) is 11.7 Å². The third-order valence-electron chi connectivity index (χ3n) is 3.90. The molecule has 1 aliphatic heterocycles. The van der Waals surface area contributed by atoms with E-state index in [1.54, 1.807) is 18.2 Å². The van der Waals surface area contributed by atoms with E-state index in [1.165, 1.54) is 0 Å². The lowest BCUT2D eigenvalue weighted by Gasteiger charge is -2.19. The first kappa shape index (κ1) is 12.9. The smallest absolute Gasteiger partial charge is 0.254 e. The van der Waals surface area contributed by atoms with Gasteiger partial charge < -0.3 is 10.0 Å². The van der Waals surface area contributed by atoms with Crippen molar-refractivity contribution < 1.29 is 9.90 Å². The van der Waals surface area contributed by atoms with Gasteiger partial charge in [-0.25, -0.2) is 0 Å². The molecule has 3 heteroatoms. The summed E-state index contributed by atoms with van der Waals surface area (Å²) in [5.74, 6) is 1.55. The van der Waals surface area contributed by atoms with Gasteiger partial charge >= 0.3 is 0 Å². The number of hydrogen-bond acceptors (Lipinski definition) is 2. The maximum Gasteiger partial charge on any atom is 0.254 e. The molecule has 1 fully saturated rings. The highest BCUT2D eigenvalue weighted by Gasteiger charge is 2.29. The maximum absolute atomic E-state index is 12.4. The molecule has 1 unspecified atom stereocenters. The number of phenolic OH excluding ortho intramolecular Hbond substituents is 1. The van der Waals surface area contributed by atoms with Crippen LogP contribution in [0.25, 0.3) is 0 Å². The Balaban J connectivity index is 2.13. The summed E-state index contributed by atoms with van der Waals surface area (Å²) in [7, 11) is 0. The summed E-state index contributed by atoms with van der Waals surface area (Å²) in [4.78, 5) is 14.3. The van der Waals surface area contributed by atoms with Gasteiger partial charge in [-0.2, -0.15) is 0 Å². The molecule has 1 amide bonds. The molecule has 0 radical (unpaired) electrons. The van der Waals surface area contributed by atoms with E-state index >= 15 is 0 Å². The minimum absolute atomic E-state index is 0.0932. The third-order valence-corrected chi connectivity index (χ3v) is 3.90. The summed E-state index contributed by atoms with van der Waals surface area (Å²) in [6, 6.07) is 4.94. The number of likely N-dealkylation sites (tertiary alicyclic amines) is 1. The molecule has 1 heterocycles. The number of aryl methyl sites for hydroxylation is 1. The zero-order chi connectivity index (χ0) is 13.3. The van der Waals surface area contributed by atoms with Crippen molar-refractivity contribution in [3.8, 4) is 5.75 Å². The minimum atomic E-state index is 0.0932. The number of nitrogens with zero attached hydrogens (tertiary/aromatic N) is 1. The molecule has 1 aliphatic rings. The first-order valence-electron chi connectivity index (χ1n) is 6.58. The summed E-state index contributed by atoms with van der Waals surface area (Å²) in [6.07, 6.45) is 1.10. The van der Waals surface area contributed by atoms with Gasteiger partial charge in [0.1, 0.15) is 5.75 Å². The van der Waals surface area contributed by atoms with Crippen molar-refractivity contribution in [1.82, 2.24) is 4.90 Å². The SMILES string of the molecule is Cc1cc(O)ccc1C(=O)N1CCC(C(C)C)C1. The molecule has 1 aromatic carbocycles. The van der Waals surface area contributed by atoms with Crippen molar-refractivity contribution in [3.63, 3.8) is 0 Å². The summed E-state index contributed by atoms with van der Waals surface area (Å²) in [5.41, 5.74) is 1.55. The predicted molar refractivity (Wildman–Crippen MR) is 71.7 cm³/mol. The van der Waals surface area contributed by atoms with Crippen LogP contribution < -0.4 is 0 Å². The number of aromatic hydroxyl groups is 1. The van der Waals surface area contributed by atoms with Crippen molar-refractivity contribution in [2.24, 2.45) is 11.8 Å². The molecular formula is C15H21NO2. The fraction of sp³-hybridized carbons (Fsp3) is 0.533. The maximum atomic E-state index is 12.4. The highest BCUT2D eigenvalue weighted by atomic mass is 16.3. The fourth-order valence-corrected chi connectivity index (χ4v) is 2.57. The van der Waals surface area contributed by atoms with Gasteiger partial charge in [0.25, 0.3) is 5.91 Å². The van der Waals surface area contributed by atoms with Crippen LogP contribution in [0, 0.1) is 18.8 Å². The Morgan fingerprint density at radius 2 is 2.17 bits per heavy atom. The molecule has 3 nitrogen and oxygen atoms in total. The van der Waals surface area contributed by atoms with Gasteiger partial charge in [-0.3, -0.25) is 4.79 Å². The van der Waals surface area contributed by atoms with Gasteiger partial charge in [-0.05, 0) is 48.9 Å². The molecular weight excluding hydrogens is 226 g/mol. The van der Waals surface area contributed by atoms with Gasteiger partial charge in [-0.15, -0.1) is 0 Å². The number of amides is 1. The highest BCUT2D eigenvalue weighted by molar-refractivity contribution is 5.96. The Hall–Kier alpha value is -1.51. The molecule has 98 valence electrons. The van der Waals surface area contributed by atoms with Crippen LogP contribution in [-0.2, 0) is 0 Å². The van der Waals surface area contributed by atoms with Crippen molar-refractivity contribution >= 4 is 5.91 Å². The molecule has 1 aromatic rings. The van der Waals surface area contributed by atoms with Crippen LogP contribution in [0.4, 0.5) is 0 Å². The van der Waals surface area contributed by atoms with Crippen molar-refractivity contribution in [2.75, 3.05) is 13.1 Å². The van der Waals surface area contributed by atoms with Crippen LogP contribution in [0.2, 0.25) is 0 Å². The predicted octanol–water partition coefficient (Wildman–Crippen LogP) is 2.82. The zero-order valence-corrected chi connectivity index (χ0v) is 11.3. The largest absolute Gasteiger partial charge is 0.508 e. The molecule has 0 aromatic heterocycles. The van der Waals surface area contributed by atoms with Gasteiger partial charge in [0.15, 0.2) is 0 Å². The van der Waals surface area contributed by atoms with Gasteiger partial charge in [0, 0.05) is 18.7 Å². The minimum Gasteiger partial charge on any atom is -0.508 e.